The molecule has 17 heavy (non-hydrogen) atoms. The number of aromatic nitrogens is 3. The van der Waals surface area contributed by atoms with Crippen LogP contribution < -0.4 is 0 Å². The second kappa shape index (κ2) is 4.23. The standard InChI is InChI=1S/C13H21N3S/c1-8-3-6-11(7-9(8)2)16-12(10-4-5-10)14-15-13(16)17/h8-11H,3-7H2,1-2H3,(H,15,17). The van der Waals surface area contributed by atoms with Gasteiger partial charge in [-0.1, -0.05) is 13.8 Å². The van der Waals surface area contributed by atoms with Crippen molar-refractivity contribution in [2.45, 2.75) is 57.9 Å². The van der Waals surface area contributed by atoms with Crippen LogP contribution >= 0.6 is 12.2 Å². The van der Waals surface area contributed by atoms with Gasteiger partial charge in [-0.25, -0.2) is 0 Å². The van der Waals surface area contributed by atoms with Crippen LogP contribution in [0.1, 0.15) is 63.7 Å². The molecular formula is C13H21N3S. The number of nitrogens with zero attached hydrogens (tertiary/aromatic N) is 2. The molecule has 3 atom stereocenters. The van der Waals surface area contributed by atoms with Crippen LogP contribution in [0.2, 0.25) is 0 Å². The predicted molar refractivity (Wildman–Crippen MR) is 70.6 cm³/mol. The summed E-state index contributed by atoms with van der Waals surface area (Å²) in [5, 5.41) is 7.44. The van der Waals surface area contributed by atoms with Crippen LogP contribution in [0, 0.1) is 16.6 Å². The third-order valence-corrected chi connectivity index (χ3v) is 4.90. The average molecular weight is 251 g/mol. The normalized spacial score (nSPS) is 33.9. The average Bonchev–Trinajstić information content (AvgIpc) is 3.07. The SMILES string of the molecule is CC1CCC(n2c(C3CC3)n[nH]c2=S)CC1C. The van der Waals surface area contributed by atoms with Gasteiger partial charge in [-0.3, -0.25) is 5.10 Å². The van der Waals surface area contributed by atoms with Gasteiger partial charge in [-0.05, 0) is 56.2 Å². The monoisotopic (exact) mass is 251 g/mol. The first-order valence-electron chi connectivity index (χ1n) is 6.83. The molecule has 2 saturated carbocycles. The Hall–Kier alpha value is -0.640. The van der Waals surface area contributed by atoms with Crippen molar-refractivity contribution in [3.63, 3.8) is 0 Å². The van der Waals surface area contributed by atoms with Crippen molar-refractivity contribution in [3.8, 4) is 0 Å². The van der Waals surface area contributed by atoms with Gasteiger partial charge in [0.25, 0.3) is 0 Å². The largest absolute Gasteiger partial charge is 0.301 e. The Kier molecular flexibility index (Phi) is 2.85. The van der Waals surface area contributed by atoms with Crippen LogP contribution in [-0.4, -0.2) is 14.8 Å². The molecule has 0 saturated heterocycles. The van der Waals surface area contributed by atoms with Crippen LogP contribution in [0.15, 0.2) is 0 Å². The van der Waals surface area contributed by atoms with E-state index in [1.54, 1.807) is 0 Å². The van der Waals surface area contributed by atoms with E-state index in [1.165, 1.54) is 37.9 Å². The molecule has 94 valence electrons. The molecule has 1 aromatic heterocycles. The van der Waals surface area contributed by atoms with Gasteiger partial charge in [0.15, 0.2) is 4.77 Å². The second-order valence-corrected chi connectivity index (χ2v) is 6.34. The van der Waals surface area contributed by atoms with Crippen molar-refractivity contribution in [1.29, 1.82) is 0 Å². The molecule has 0 amide bonds. The molecule has 0 spiro atoms. The number of aromatic amines is 1. The molecule has 3 nitrogen and oxygen atoms in total. The van der Waals surface area contributed by atoms with E-state index in [4.69, 9.17) is 12.2 Å². The third kappa shape index (κ3) is 2.07. The quantitative estimate of drug-likeness (QED) is 0.811. The molecule has 2 aliphatic carbocycles. The van der Waals surface area contributed by atoms with Gasteiger partial charge < -0.3 is 4.57 Å². The minimum Gasteiger partial charge on any atom is -0.301 e. The minimum atomic E-state index is 0.586. The van der Waals surface area contributed by atoms with E-state index >= 15 is 0 Å². The second-order valence-electron chi connectivity index (χ2n) is 5.95. The van der Waals surface area contributed by atoms with Gasteiger partial charge >= 0.3 is 0 Å². The van der Waals surface area contributed by atoms with Gasteiger partial charge in [0, 0.05) is 12.0 Å². The summed E-state index contributed by atoms with van der Waals surface area (Å²) >= 11 is 5.41. The van der Waals surface area contributed by atoms with Crippen molar-refractivity contribution in [3.05, 3.63) is 10.6 Å². The molecule has 0 bridgehead atoms. The zero-order valence-electron chi connectivity index (χ0n) is 10.6. The molecular weight excluding hydrogens is 230 g/mol. The lowest BCUT2D eigenvalue weighted by Gasteiger charge is -2.33. The Balaban J connectivity index is 1.88. The number of rotatable bonds is 2. The molecule has 1 N–H and O–H groups in total. The Morgan fingerprint density at radius 3 is 2.59 bits per heavy atom. The van der Waals surface area contributed by atoms with E-state index in [9.17, 15) is 0 Å². The van der Waals surface area contributed by atoms with Crippen LogP contribution in [0.5, 0.6) is 0 Å². The van der Waals surface area contributed by atoms with Crippen molar-refractivity contribution in [2.75, 3.05) is 0 Å². The maximum atomic E-state index is 5.41. The molecule has 0 aliphatic heterocycles. The first-order valence-corrected chi connectivity index (χ1v) is 7.24. The van der Waals surface area contributed by atoms with Crippen molar-refractivity contribution < 1.29 is 0 Å². The summed E-state index contributed by atoms with van der Waals surface area (Å²) in [6, 6.07) is 0.586. The number of hydrogen-bond donors (Lipinski definition) is 1. The van der Waals surface area contributed by atoms with Crippen molar-refractivity contribution >= 4 is 12.2 Å². The lowest BCUT2D eigenvalue weighted by Crippen LogP contribution is -2.24. The highest BCUT2D eigenvalue weighted by Gasteiger charge is 2.33. The first kappa shape index (κ1) is 11.5. The molecule has 1 heterocycles. The van der Waals surface area contributed by atoms with Gasteiger partial charge in [0.2, 0.25) is 0 Å². The van der Waals surface area contributed by atoms with E-state index in [0.29, 0.717) is 12.0 Å². The van der Waals surface area contributed by atoms with Gasteiger partial charge in [0.1, 0.15) is 5.82 Å². The minimum absolute atomic E-state index is 0.586. The van der Waals surface area contributed by atoms with Crippen LogP contribution in [0.25, 0.3) is 0 Å². The third-order valence-electron chi connectivity index (χ3n) is 4.61. The van der Waals surface area contributed by atoms with Crippen molar-refractivity contribution in [1.82, 2.24) is 14.8 Å². The maximum Gasteiger partial charge on any atom is 0.195 e. The van der Waals surface area contributed by atoms with E-state index in [2.05, 4.69) is 28.6 Å². The zero-order valence-corrected chi connectivity index (χ0v) is 11.5. The molecule has 0 radical (unpaired) electrons. The molecule has 2 fully saturated rings. The summed E-state index contributed by atoms with van der Waals surface area (Å²) in [6.45, 7) is 4.74. The lowest BCUT2D eigenvalue weighted by molar-refractivity contribution is 0.207. The first-order chi connectivity index (χ1) is 8.16. The van der Waals surface area contributed by atoms with E-state index < -0.39 is 0 Å². The molecule has 4 heteroatoms. The van der Waals surface area contributed by atoms with Crippen molar-refractivity contribution in [2.24, 2.45) is 11.8 Å². The molecule has 0 aromatic carbocycles. The Morgan fingerprint density at radius 2 is 1.94 bits per heavy atom. The summed E-state index contributed by atoms with van der Waals surface area (Å²) in [5.41, 5.74) is 0. The number of hydrogen-bond acceptors (Lipinski definition) is 2. The van der Waals surface area contributed by atoms with Gasteiger partial charge in [-0.2, -0.15) is 5.10 Å². The van der Waals surface area contributed by atoms with Crippen LogP contribution in [0.3, 0.4) is 0 Å². The topological polar surface area (TPSA) is 33.6 Å². The molecule has 2 aliphatic rings. The molecule has 3 unspecified atom stereocenters. The van der Waals surface area contributed by atoms with Gasteiger partial charge in [-0.15, -0.1) is 0 Å². The molecule has 3 rings (SSSR count). The van der Waals surface area contributed by atoms with E-state index in [0.717, 1.165) is 16.6 Å². The Labute approximate surface area is 108 Å². The maximum absolute atomic E-state index is 5.41. The Morgan fingerprint density at radius 1 is 1.18 bits per heavy atom. The highest BCUT2D eigenvalue weighted by atomic mass is 32.1. The smallest absolute Gasteiger partial charge is 0.195 e. The number of H-pyrrole nitrogens is 1. The van der Waals surface area contributed by atoms with Gasteiger partial charge in [0.05, 0.1) is 0 Å². The highest BCUT2D eigenvalue weighted by Crippen LogP contribution is 2.43. The zero-order chi connectivity index (χ0) is 12.0. The van der Waals surface area contributed by atoms with E-state index in [-0.39, 0.29) is 0 Å². The van der Waals surface area contributed by atoms with Crippen LogP contribution in [0.4, 0.5) is 0 Å². The Bertz CT molecular complexity index is 457. The highest BCUT2D eigenvalue weighted by molar-refractivity contribution is 7.71. The fraction of sp³-hybridized carbons (Fsp3) is 0.846. The lowest BCUT2D eigenvalue weighted by atomic mass is 9.79. The fourth-order valence-corrected chi connectivity index (χ4v) is 3.34. The molecule has 1 aromatic rings. The van der Waals surface area contributed by atoms with E-state index in [1.807, 2.05) is 0 Å². The predicted octanol–water partition coefficient (Wildman–Crippen LogP) is 3.82. The summed E-state index contributed by atoms with van der Waals surface area (Å²) in [6.07, 6.45) is 6.42. The summed E-state index contributed by atoms with van der Waals surface area (Å²) in [5.74, 6) is 3.56. The number of nitrogens with one attached hydrogen (secondary N) is 1. The fourth-order valence-electron chi connectivity index (χ4n) is 3.05. The van der Waals surface area contributed by atoms with Crippen LogP contribution in [-0.2, 0) is 0 Å². The summed E-state index contributed by atoms with van der Waals surface area (Å²) in [7, 11) is 0. The summed E-state index contributed by atoms with van der Waals surface area (Å²) < 4.78 is 3.16. The summed E-state index contributed by atoms with van der Waals surface area (Å²) in [4.78, 5) is 0.